The predicted molar refractivity (Wildman–Crippen MR) is 99.5 cm³/mol. The van der Waals surface area contributed by atoms with Crippen molar-refractivity contribution < 1.29 is 4.74 Å². The van der Waals surface area contributed by atoms with E-state index >= 15 is 0 Å². The molecular formula is C17H22N4OS. The Bertz CT molecular complexity index is 645. The van der Waals surface area contributed by atoms with Gasteiger partial charge in [0.25, 0.3) is 0 Å². The van der Waals surface area contributed by atoms with Crippen LogP contribution in [0.2, 0.25) is 0 Å². The van der Waals surface area contributed by atoms with Gasteiger partial charge in [-0.15, -0.1) is 0 Å². The Morgan fingerprint density at radius 3 is 2.61 bits per heavy atom. The quantitative estimate of drug-likeness (QED) is 0.795. The van der Waals surface area contributed by atoms with Crippen molar-refractivity contribution in [2.24, 2.45) is 0 Å². The summed E-state index contributed by atoms with van der Waals surface area (Å²) in [5.74, 6) is 1.61. The zero-order chi connectivity index (χ0) is 16.7. The highest BCUT2D eigenvalue weighted by Crippen LogP contribution is 2.17. The van der Waals surface area contributed by atoms with E-state index in [1.165, 1.54) is 0 Å². The van der Waals surface area contributed by atoms with Crippen LogP contribution in [-0.4, -0.2) is 37.3 Å². The molecule has 0 fully saturated rings. The summed E-state index contributed by atoms with van der Waals surface area (Å²) in [5, 5.41) is 6.85. The molecule has 1 heterocycles. The molecular weight excluding hydrogens is 308 g/mol. The minimum absolute atomic E-state index is 0.575. The summed E-state index contributed by atoms with van der Waals surface area (Å²) in [7, 11) is 3.71. The van der Waals surface area contributed by atoms with Crippen molar-refractivity contribution in [1.82, 2.24) is 10.3 Å². The lowest BCUT2D eigenvalue weighted by molar-refractivity contribution is 0.415. The van der Waals surface area contributed by atoms with Crippen molar-refractivity contribution in [1.29, 1.82) is 0 Å². The number of methoxy groups -OCH3 is 1. The molecule has 0 saturated carbocycles. The number of thiocarbonyl (C=S) groups is 1. The van der Waals surface area contributed by atoms with Gasteiger partial charge in [0.05, 0.1) is 7.11 Å². The molecule has 23 heavy (non-hydrogen) atoms. The molecule has 0 amide bonds. The summed E-state index contributed by atoms with van der Waals surface area (Å²) in [6.07, 6.45) is 0. The van der Waals surface area contributed by atoms with Crippen molar-refractivity contribution in [2.45, 2.75) is 6.92 Å². The molecule has 122 valence electrons. The average molecular weight is 330 g/mol. The number of hydrogen-bond acceptors (Lipinski definition) is 4. The Morgan fingerprint density at radius 1 is 1.22 bits per heavy atom. The maximum Gasteiger partial charge on any atom is 0.172 e. The van der Waals surface area contributed by atoms with Gasteiger partial charge in [0, 0.05) is 31.5 Å². The maximum atomic E-state index is 5.28. The topological polar surface area (TPSA) is 49.4 Å². The van der Waals surface area contributed by atoms with E-state index in [9.17, 15) is 0 Å². The number of aromatic nitrogens is 1. The van der Waals surface area contributed by atoms with Crippen LogP contribution in [0.25, 0.3) is 0 Å². The fourth-order valence-electron chi connectivity index (χ4n) is 2.08. The molecule has 2 N–H and O–H groups in total. The molecule has 2 rings (SSSR count). The molecule has 1 aromatic heterocycles. The third-order valence-corrected chi connectivity index (χ3v) is 3.62. The van der Waals surface area contributed by atoms with Gasteiger partial charge in [0.2, 0.25) is 0 Å². The lowest BCUT2D eigenvalue weighted by atomic mass is 10.3. The molecule has 0 aliphatic rings. The maximum absolute atomic E-state index is 5.28. The second-order valence-corrected chi connectivity index (χ2v) is 5.57. The highest BCUT2D eigenvalue weighted by molar-refractivity contribution is 7.80. The van der Waals surface area contributed by atoms with Crippen LogP contribution in [0, 0.1) is 6.92 Å². The molecule has 0 bridgehead atoms. The fraction of sp³-hybridized carbons (Fsp3) is 0.294. The van der Waals surface area contributed by atoms with Crippen LogP contribution in [0.5, 0.6) is 5.75 Å². The number of benzene rings is 1. The smallest absolute Gasteiger partial charge is 0.172 e. The SMILES string of the molecule is COc1ccc(N(C)CCNC(=S)Nc2cccc(C)n2)cc1. The van der Waals surface area contributed by atoms with Crippen molar-refractivity contribution in [3.8, 4) is 5.75 Å². The van der Waals surface area contributed by atoms with Crippen molar-refractivity contribution in [3.63, 3.8) is 0 Å². The molecule has 0 spiro atoms. The first-order chi connectivity index (χ1) is 11.1. The van der Waals surface area contributed by atoms with Crippen molar-refractivity contribution >= 4 is 28.8 Å². The Kier molecular flexibility index (Phi) is 6.17. The Morgan fingerprint density at radius 2 is 1.96 bits per heavy atom. The van der Waals surface area contributed by atoms with Gasteiger partial charge in [-0.1, -0.05) is 6.07 Å². The second-order valence-electron chi connectivity index (χ2n) is 5.16. The third-order valence-electron chi connectivity index (χ3n) is 3.38. The molecule has 0 aliphatic carbocycles. The fourth-order valence-corrected chi connectivity index (χ4v) is 2.28. The van der Waals surface area contributed by atoms with E-state index < -0.39 is 0 Å². The van der Waals surface area contributed by atoms with E-state index in [0.717, 1.165) is 36.0 Å². The highest BCUT2D eigenvalue weighted by Gasteiger charge is 2.03. The van der Waals surface area contributed by atoms with Gasteiger partial charge in [0.15, 0.2) is 5.11 Å². The first kappa shape index (κ1) is 17.0. The number of anilines is 2. The van der Waals surface area contributed by atoms with Crippen LogP contribution < -0.4 is 20.3 Å². The van der Waals surface area contributed by atoms with E-state index in [2.05, 4.69) is 20.5 Å². The number of nitrogens with zero attached hydrogens (tertiary/aromatic N) is 2. The van der Waals surface area contributed by atoms with Crippen LogP contribution >= 0.6 is 12.2 Å². The van der Waals surface area contributed by atoms with E-state index in [1.54, 1.807) is 7.11 Å². The lowest BCUT2D eigenvalue weighted by Crippen LogP contribution is -2.35. The van der Waals surface area contributed by atoms with Crippen LogP contribution in [-0.2, 0) is 0 Å². The van der Waals surface area contributed by atoms with Gasteiger partial charge in [0.1, 0.15) is 11.6 Å². The van der Waals surface area contributed by atoms with Gasteiger partial charge in [-0.2, -0.15) is 0 Å². The van der Waals surface area contributed by atoms with E-state index in [4.69, 9.17) is 17.0 Å². The number of hydrogen-bond donors (Lipinski definition) is 2. The molecule has 0 radical (unpaired) electrons. The number of likely N-dealkylation sites (N-methyl/N-ethyl adjacent to an activating group) is 1. The number of ether oxygens (including phenoxy) is 1. The number of rotatable bonds is 6. The van der Waals surface area contributed by atoms with E-state index in [0.29, 0.717) is 5.11 Å². The summed E-state index contributed by atoms with van der Waals surface area (Å²) in [6, 6.07) is 13.8. The zero-order valence-corrected chi connectivity index (χ0v) is 14.5. The van der Waals surface area contributed by atoms with E-state index in [-0.39, 0.29) is 0 Å². The lowest BCUT2D eigenvalue weighted by Gasteiger charge is -2.20. The van der Waals surface area contributed by atoms with Gasteiger partial charge in [-0.25, -0.2) is 4.98 Å². The largest absolute Gasteiger partial charge is 0.497 e. The monoisotopic (exact) mass is 330 g/mol. The molecule has 1 aromatic carbocycles. The van der Waals surface area contributed by atoms with Crippen molar-refractivity contribution in [2.75, 3.05) is 37.5 Å². The summed E-state index contributed by atoms with van der Waals surface area (Å²) in [5.41, 5.74) is 2.09. The van der Waals surface area contributed by atoms with Gasteiger partial charge < -0.3 is 20.3 Å². The number of aryl methyl sites for hydroxylation is 1. The van der Waals surface area contributed by atoms with Crippen molar-refractivity contribution in [3.05, 3.63) is 48.2 Å². The Balaban J connectivity index is 1.76. The standard InChI is InChI=1S/C17H22N4OS/c1-13-5-4-6-16(19-13)20-17(23)18-11-12-21(2)14-7-9-15(22-3)10-8-14/h4-10H,11-12H2,1-3H3,(H2,18,19,20,23). The zero-order valence-electron chi connectivity index (χ0n) is 13.7. The van der Waals surface area contributed by atoms with Crippen LogP contribution in [0.4, 0.5) is 11.5 Å². The first-order valence-corrected chi connectivity index (χ1v) is 7.83. The Hall–Kier alpha value is -2.34. The molecule has 2 aromatic rings. The normalized spacial score (nSPS) is 10.0. The van der Waals surface area contributed by atoms with Gasteiger partial charge in [-0.05, 0) is 55.5 Å². The number of pyridine rings is 1. The minimum atomic E-state index is 0.575. The number of nitrogens with one attached hydrogen (secondary N) is 2. The predicted octanol–water partition coefficient (Wildman–Crippen LogP) is 2.82. The molecule has 5 nitrogen and oxygen atoms in total. The van der Waals surface area contributed by atoms with E-state index in [1.807, 2.05) is 56.4 Å². The van der Waals surface area contributed by atoms with Gasteiger partial charge in [-0.3, -0.25) is 0 Å². The third kappa shape index (κ3) is 5.41. The average Bonchev–Trinajstić information content (AvgIpc) is 2.55. The summed E-state index contributed by atoms with van der Waals surface area (Å²) < 4.78 is 5.16. The minimum Gasteiger partial charge on any atom is -0.497 e. The van der Waals surface area contributed by atoms with Gasteiger partial charge >= 0.3 is 0 Å². The van der Waals surface area contributed by atoms with Crippen LogP contribution in [0.15, 0.2) is 42.5 Å². The second kappa shape index (κ2) is 8.33. The molecule has 0 saturated heterocycles. The molecule has 0 aliphatic heterocycles. The molecule has 6 heteroatoms. The summed E-state index contributed by atoms with van der Waals surface area (Å²) in [6.45, 7) is 3.51. The summed E-state index contributed by atoms with van der Waals surface area (Å²) >= 11 is 5.28. The molecule has 0 unspecified atom stereocenters. The summed E-state index contributed by atoms with van der Waals surface area (Å²) in [4.78, 5) is 6.51. The molecule has 0 atom stereocenters. The first-order valence-electron chi connectivity index (χ1n) is 7.42. The Labute approximate surface area is 142 Å². The highest BCUT2D eigenvalue weighted by atomic mass is 32.1. The van der Waals surface area contributed by atoms with Crippen LogP contribution in [0.3, 0.4) is 0 Å². The van der Waals surface area contributed by atoms with Crippen LogP contribution in [0.1, 0.15) is 5.69 Å².